The van der Waals surface area contributed by atoms with E-state index in [0.29, 0.717) is 49.9 Å². The number of nitro benzene ring substituents is 1. The van der Waals surface area contributed by atoms with Gasteiger partial charge in [0.05, 0.1) is 20.5 Å². The molecule has 19 heteroatoms. The molecule has 0 aliphatic heterocycles. The van der Waals surface area contributed by atoms with Gasteiger partial charge in [0, 0.05) is 68.7 Å². The fourth-order valence-corrected chi connectivity index (χ4v) is 3.86. The molecule has 19 nitrogen and oxygen atoms in total. The average molecular weight is 634 g/mol. The lowest BCUT2D eigenvalue weighted by molar-refractivity contribution is -0.385. The summed E-state index contributed by atoms with van der Waals surface area (Å²) in [5.74, 6) is 0.321. The number of hydrogen-bond acceptors (Lipinski definition) is 16. The van der Waals surface area contributed by atoms with Crippen molar-refractivity contribution in [1.82, 2.24) is 25.3 Å². The van der Waals surface area contributed by atoms with E-state index in [1.807, 2.05) is 0 Å². The number of nitro groups is 3. The van der Waals surface area contributed by atoms with Crippen LogP contribution in [-0.4, -0.2) is 80.0 Å². The summed E-state index contributed by atoms with van der Waals surface area (Å²) in [6, 6.07) is 11.3. The minimum atomic E-state index is -0.728. The predicted molar refractivity (Wildman–Crippen MR) is 165 cm³/mol. The van der Waals surface area contributed by atoms with Crippen LogP contribution in [0.3, 0.4) is 0 Å². The Morgan fingerprint density at radius 3 is 1.89 bits per heavy atom. The third-order valence-electron chi connectivity index (χ3n) is 6.09. The number of nitrogens with zero attached hydrogens (tertiary/aromatic N) is 7. The monoisotopic (exact) mass is 633 g/mol. The van der Waals surface area contributed by atoms with Crippen LogP contribution >= 0.6 is 0 Å². The molecule has 1 aromatic carbocycles. The van der Waals surface area contributed by atoms with Gasteiger partial charge in [-0.2, -0.15) is 0 Å². The number of anilines is 3. The summed E-state index contributed by atoms with van der Waals surface area (Å²) >= 11 is 0. The Morgan fingerprint density at radius 1 is 0.696 bits per heavy atom. The average Bonchev–Trinajstić information content (AvgIpc) is 3.06. The number of rotatable bonds is 17. The molecule has 0 spiro atoms. The van der Waals surface area contributed by atoms with Gasteiger partial charge >= 0.3 is 5.97 Å². The molecule has 0 atom stereocenters. The van der Waals surface area contributed by atoms with E-state index in [0.717, 1.165) is 12.4 Å². The lowest BCUT2D eigenvalue weighted by atomic mass is 10.1. The van der Waals surface area contributed by atoms with Gasteiger partial charge in [-0.15, -0.1) is 0 Å². The van der Waals surface area contributed by atoms with Gasteiger partial charge in [0.25, 0.3) is 17.1 Å². The second-order valence-electron chi connectivity index (χ2n) is 9.25. The highest BCUT2D eigenvalue weighted by Crippen LogP contribution is 2.26. The SMILES string of the molecule is O=C(OCCNCCNc1ccc([N+](=O)[O-])cn1)c1cnc(NCCNc2ccc([N+](=O)[O-])cn2)nc1-c1cccc([N+](=O)[O-])c1. The molecule has 3 aromatic heterocycles. The molecule has 0 unspecified atom stereocenters. The van der Waals surface area contributed by atoms with Crippen LogP contribution in [0.1, 0.15) is 10.4 Å². The normalized spacial score (nSPS) is 10.5. The Balaban J connectivity index is 1.31. The van der Waals surface area contributed by atoms with Gasteiger partial charge in [0.1, 0.15) is 36.2 Å². The summed E-state index contributed by atoms with van der Waals surface area (Å²) in [4.78, 5) is 60.7. The van der Waals surface area contributed by atoms with Crippen molar-refractivity contribution in [2.75, 3.05) is 55.3 Å². The zero-order chi connectivity index (χ0) is 32.9. The quantitative estimate of drug-likeness (QED) is 0.0563. The van der Waals surface area contributed by atoms with E-state index in [4.69, 9.17) is 4.74 Å². The highest BCUT2D eigenvalue weighted by Gasteiger charge is 2.19. The first-order valence-electron chi connectivity index (χ1n) is 13.6. The third-order valence-corrected chi connectivity index (χ3v) is 6.09. The van der Waals surface area contributed by atoms with E-state index in [1.165, 1.54) is 48.7 Å². The Morgan fingerprint density at radius 2 is 1.30 bits per heavy atom. The van der Waals surface area contributed by atoms with Crippen molar-refractivity contribution in [3.8, 4) is 11.3 Å². The molecular formula is C27H27N11O8. The highest BCUT2D eigenvalue weighted by molar-refractivity contribution is 5.96. The molecule has 0 aliphatic carbocycles. The van der Waals surface area contributed by atoms with Gasteiger partial charge in [-0.1, -0.05) is 12.1 Å². The molecule has 46 heavy (non-hydrogen) atoms. The molecule has 0 radical (unpaired) electrons. The molecule has 0 saturated heterocycles. The van der Waals surface area contributed by atoms with Gasteiger partial charge in [-0.25, -0.2) is 24.7 Å². The van der Waals surface area contributed by atoms with Crippen molar-refractivity contribution >= 4 is 40.6 Å². The van der Waals surface area contributed by atoms with Crippen molar-refractivity contribution in [2.24, 2.45) is 0 Å². The number of carbonyl (C=O) groups excluding carboxylic acids is 1. The Kier molecular flexibility index (Phi) is 11.3. The summed E-state index contributed by atoms with van der Waals surface area (Å²) in [5, 5.41) is 44.9. The molecule has 238 valence electrons. The van der Waals surface area contributed by atoms with E-state index in [-0.39, 0.29) is 40.9 Å². The number of non-ortho nitro benzene ring substituents is 1. The van der Waals surface area contributed by atoms with E-state index in [9.17, 15) is 35.1 Å². The van der Waals surface area contributed by atoms with Gasteiger partial charge in [-0.3, -0.25) is 30.3 Å². The van der Waals surface area contributed by atoms with Gasteiger partial charge < -0.3 is 26.0 Å². The van der Waals surface area contributed by atoms with E-state index in [2.05, 4.69) is 41.2 Å². The molecule has 4 aromatic rings. The maximum Gasteiger partial charge on any atom is 0.341 e. The summed E-state index contributed by atoms with van der Waals surface area (Å²) in [7, 11) is 0. The molecule has 0 amide bonds. The van der Waals surface area contributed by atoms with Crippen molar-refractivity contribution in [2.45, 2.75) is 0 Å². The van der Waals surface area contributed by atoms with Crippen molar-refractivity contribution in [1.29, 1.82) is 0 Å². The second-order valence-corrected chi connectivity index (χ2v) is 9.25. The smallest absolute Gasteiger partial charge is 0.341 e. The Labute approximate surface area is 259 Å². The maximum atomic E-state index is 13.0. The topological polar surface area (TPSA) is 255 Å². The van der Waals surface area contributed by atoms with Gasteiger partial charge in [0.15, 0.2) is 0 Å². The third kappa shape index (κ3) is 9.31. The fraction of sp³-hybridized carbons (Fsp3) is 0.222. The number of pyridine rings is 2. The molecule has 0 aliphatic rings. The van der Waals surface area contributed by atoms with E-state index in [1.54, 1.807) is 6.07 Å². The maximum absolute atomic E-state index is 13.0. The summed E-state index contributed by atoms with van der Waals surface area (Å²) in [6.45, 7) is 1.90. The zero-order valence-corrected chi connectivity index (χ0v) is 24.0. The predicted octanol–water partition coefficient (Wildman–Crippen LogP) is 3.04. The molecule has 0 fully saturated rings. The number of esters is 1. The first kappa shape index (κ1) is 32.5. The molecule has 0 bridgehead atoms. The van der Waals surface area contributed by atoms with Crippen LogP contribution in [0.5, 0.6) is 0 Å². The van der Waals surface area contributed by atoms with Crippen molar-refractivity contribution in [3.05, 3.63) is 103 Å². The first-order chi connectivity index (χ1) is 22.2. The molecule has 0 saturated carbocycles. The van der Waals surface area contributed by atoms with Crippen LogP contribution < -0.4 is 21.3 Å². The highest BCUT2D eigenvalue weighted by atomic mass is 16.6. The summed E-state index contributed by atoms with van der Waals surface area (Å²) in [5.41, 5.74) is 0.0133. The summed E-state index contributed by atoms with van der Waals surface area (Å²) in [6.07, 6.45) is 3.56. The van der Waals surface area contributed by atoms with E-state index < -0.39 is 20.7 Å². The van der Waals surface area contributed by atoms with Crippen molar-refractivity contribution < 1.29 is 24.3 Å². The van der Waals surface area contributed by atoms with Crippen LogP contribution in [0.25, 0.3) is 11.3 Å². The molecule has 3 heterocycles. The van der Waals surface area contributed by atoms with Crippen LogP contribution in [0.2, 0.25) is 0 Å². The number of hydrogen-bond donors (Lipinski definition) is 4. The van der Waals surface area contributed by atoms with E-state index >= 15 is 0 Å². The number of ether oxygens (including phenoxy) is 1. The molecule has 4 rings (SSSR count). The van der Waals surface area contributed by atoms with Crippen molar-refractivity contribution in [3.63, 3.8) is 0 Å². The standard InChI is InChI=1S/C27H27N11O8/c39-26(46-13-12-28-8-9-29-23-6-4-20(15-32-23)37(42)43)22-17-34-27(35-25(22)18-2-1-3-19(14-18)36(40)41)31-11-10-30-24-7-5-21(16-33-24)38(44)45/h1-7,14-17,28H,8-13H2,(H,29,32)(H,30,33)(H,31,34,35). The number of benzene rings is 1. The molecular weight excluding hydrogens is 606 g/mol. The number of carbonyl (C=O) groups is 1. The van der Waals surface area contributed by atoms with Crippen LogP contribution in [0.4, 0.5) is 34.6 Å². The largest absolute Gasteiger partial charge is 0.461 e. The lowest BCUT2D eigenvalue weighted by Gasteiger charge is -2.12. The number of aromatic nitrogens is 4. The summed E-state index contributed by atoms with van der Waals surface area (Å²) < 4.78 is 5.39. The van der Waals surface area contributed by atoms with Crippen LogP contribution in [0.15, 0.2) is 67.1 Å². The van der Waals surface area contributed by atoms with Crippen LogP contribution in [0, 0.1) is 30.3 Å². The fourth-order valence-electron chi connectivity index (χ4n) is 3.86. The number of nitrogens with one attached hydrogen (secondary N) is 4. The van der Waals surface area contributed by atoms with Crippen LogP contribution in [-0.2, 0) is 4.74 Å². The molecule has 4 N–H and O–H groups in total. The Hall–Kier alpha value is -6.37. The second kappa shape index (κ2) is 15.9. The minimum Gasteiger partial charge on any atom is -0.461 e. The van der Waals surface area contributed by atoms with Gasteiger partial charge in [0.2, 0.25) is 5.95 Å². The zero-order valence-electron chi connectivity index (χ0n) is 24.0. The first-order valence-corrected chi connectivity index (χ1v) is 13.6. The minimum absolute atomic E-state index is 0.00478. The lowest BCUT2D eigenvalue weighted by Crippen LogP contribution is -2.27. The van der Waals surface area contributed by atoms with Gasteiger partial charge in [-0.05, 0) is 12.1 Å². The Bertz CT molecular complexity index is 1690.